The van der Waals surface area contributed by atoms with Gasteiger partial charge in [0.05, 0.1) is 12.7 Å². The second-order valence-electron chi connectivity index (χ2n) is 5.26. The Kier molecular flexibility index (Phi) is 3.32. The minimum atomic E-state index is -1.39. The molecule has 0 radical (unpaired) electrons. The van der Waals surface area contributed by atoms with E-state index in [1.54, 1.807) is 0 Å². The summed E-state index contributed by atoms with van der Waals surface area (Å²) in [4.78, 5) is 0. The lowest BCUT2D eigenvalue weighted by Crippen LogP contribution is -2.46. The highest BCUT2D eigenvalue weighted by atomic mass is 16.7. The van der Waals surface area contributed by atoms with E-state index < -0.39 is 24.1 Å². The van der Waals surface area contributed by atoms with Crippen LogP contribution in [0.5, 0.6) is 0 Å². The van der Waals surface area contributed by atoms with Crippen molar-refractivity contribution in [3.8, 4) is 0 Å². The summed E-state index contributed by atoms with van der Waals surface area (Å²) in [5.41, 5.74) is -0.349. The molecule has 2 aliphatic rings. The van der Waals surface area contributed by atoms with E-state index >= 15 is 0 Å². The van der Waals surface area contributed by atoms with Crippen LogP contribution in [0.1, 0.15) is 18.4 Å². The van der Waals surface area contributed by atoms with Crippen molar-refractivity contribution in [3.63, 3.8) is 0 Å². The van der Waals surface area contributed by atoms with Crippen LogP contribution in [0.2, 0.25) is 0 Å². The van der Waals surface area contributed by atoms with Crippen LogP contribution in [0, 0.1) is 0 Å². The molecule has 0 bridgehead atoms. The highest BCUT2D eigenvalue weighted by Crippen LogP contribution is 2.43. The zero-order valence-corrected chi connectivity index (χ0v) is 10.5. The predicted octanol–water partition coefficient (Wildman–Crippen LogP) is 0.175. The molecule has 3 N–H and O–H groups in total. The lowest BCUT2D eigenvalue weighted by Gasteiger charge is -2.25. The molecule has 1 unspecified atom stereocenters. The monoisotopic (exact) mass is 266 g/mol. The molecular weight excluding hydrogens is 248 g/mol. The summed E-state index contributed by atoms with van der Waals surface area (Å²) >= 11 is 0. The van der Waals surface area contributed by atoms with Crippen LogP contribution in [0.15, 0.2) is 30.3 Å². The minimum Gasteiger partial charge on any atom is -0.385 e. The van der Waals surface area contributed by atoms with Crippen molar-refractivity contribution in [2.24, 2.45) is 0 Å². The normalized spacial score (nSPS) is 41.4. The molecule has 1 aliphatic heterocycles. The zero-order chi connectivity index (χ0) is 13.5. The third kappa shape index (κ3) is 2.17. The first kappa shape index (κ1) is 13.0. The van der Waals surface area contributed by atoms with Crippen molar-refractivity contribution in [1.82, 2.24) is 0 Å². The third-order valence-corrected chi connectivity index (χ3v) is 4.03. The Hall–Kier alpha value is -0.980. The van der Waals surface area contributed by atoms with Crippen molar-refractivity contribution in [2.45, 2.75) is 49.7 Å². The van der Waals surface area contributed by atoms with Gasteiger partial charge in [-0.25, -0.2) is 0 Å². The van der Waals surface area contributed by atoms with Crippen molar-refractivity contribution in [3.05, 3.63) is 35.9 Å². The Morgan fingerprint density at radius 3 is 2.74 bits per heavy atom. The molecule has 0 amide bonds. The Bertz CT molecular complexity index is 437. The summed E-state index contributed by atoms with van der Waals surface area (Å²) in [7, 11) is 0. The fourth-order valence-electron chi connectivity index (χ4n) is 2.93. The van der Waals surface area contributed by atoms with Crippen LogP contribution in [0.25, 0.3) is 0 Å². The summed E-state index contributed by atoms with van der Waals surface area (Å²) in [6, 6.07) is 9.72. The second-order valence-corrected chi connectivity index (χ2v) is 5.26. The molecule has 1 aromatic rings. The number of hydrogen-bond acceptors (Lipinski definition) is 5. The van der Waals surface area contributed by atoms with Crippen molar-refractivity contribution in [2.75, 3.05) is 0 Å². The maximum absolute atomic E-state index is 10.3. The zero-order valence-electron chi connectivity index (χ0n) is 10.5. The van der Waals surface area contributed by atoms with E-state index in [0.717, 1.165) is 5.56 Å². The standard InChI is InChI=1S/C14H18O5/c15-11-13(16)19-12-10(6-7-14(11,12)17)18-8-9-4-2-1-3-5-9/h1-5,10-13,15-17H,6-8H2/t10-,11+,12-,13?,14+/m1/s1. The molecule has 2 fully saturated rings. The van der Waals surface area contributed by atoms with E-state index in [4.69, 9.17) is 9.47 Å². The van der Waals surface area contributed by atoms with Gasteiger partial charge in [-0.2, -0.15) is 0 Å². The van der Waals surface area contributed by atoms with E-state index in [-0.39, 0.29) is 6.10 Å². The SMILES string of the molecule is OC1O[C@@H]2[C@H](OCc3ccccc3)CC[C@]2(O)[C@H]1O. The molecule has 3 rings (SSSR count). The summed E-state index contributed by atoms with van der Waals surface area (Å²) in [6.07, 6.45) is -2.59. The summed E-state index contributed by atoms with van der Waals surface area (Å²) in [5.74, 6) is 0. The molecule has 104 valence electrons. The molecule has 1 heterocycles. The molecule has 19 heavy (non-hydrogen) atoms. The van der Waals surface area contributed by atoms with Gasteiger partial charge in [0.25, 0.3) is 0 Å². The van der Waals surface area contributed by atoms with E-state index in [2.05, 4.69) is 0 Å². The van der Waals surface area contributed by atoms with Gasteiger partial charge in [-0.15, -0.1) is 0 Å². The lowest BCUT2D eigenvalue weighted by molar-refractivity contribution is -0.154. The van der Waals surface area contributed by atoms with Crippen molar-refractivity contribution < 1.29 is 24.8 Å². The van der Waals surface area contributed by atoms with Crippen LogP contribution in [0.4, 0.5) is 0 Å². The summed E-state index contributed by atoms with van der Waals surface area (Å²) in [5, 5.41) is 29.6. The molecule has 5 nitrogen and oxygen atoms in total. The Morgan fingerprint density at radius 1 is 1.26 bits per heavy atom. The van der Waals surface area contributed by atoms with Crippen LogP contribution < -0.4 is 0 Å². The average molecular weight is 266 g/mol. The van der Waals surface area contributed by atoms with Crippen LogP contribution in [-0.4, -0.2) is 45.5 Å². The van der Waals surface area contributed by atoms with Gasteiger partial charge in [0, 0.05) is 0 Å². The summed E-state index contributed by atoms with van der Waals surface area (Å²) in [6.45, 7) is 0.424. The van der Waals surface area contributed by atoms with Gasteiger partial charge in [-0.05, 0) is 18.4 Å². The third-order valence-electron chi connectivity index (χ3n) is 4.03. The van der Waals surface area contributed by atoms with Crippen molar-refractivity contribution >= 4 is 0 Å². The van der Waals surface area contributed by atoms with Gasteiger partial charge < -0.3 is 24.8 Å². The Balaban J connectivity index is 1.65. The van der Waals surface area contributed by atoms with E-state index in [1.807, 2.05) is 30.3 Å². The van der Waals surface area contributed by atoms with Gasteiger partial charge in [-0.3, -0.25) is 0 Å². The number of rotatable bonds is 3. The van der Waals surface area contributed by atoms with E-state index in [9.17, 15) is 15.3 Å². The minimum absolute atomic E-state index is 0.308. The highest BCUT2D eigenvalue weighted by molar-refractivity contribution is 5.14. The average Bonchev–Trinajstić information content (AvgIpc) is 2.85. The first-order valence-electron chi connectivity index (χ1n) is 6.51. The maximum Gasteiger partial charge on any atom is 0.184 e. The largest absolute Gasteiger partial charge is 0.385 e. The van der Waals surface area contributed by atoms with Gasteiger partial charge in [0.2, 0.25) is 0 Å². The van der Waals surface area contributed by atoms with E-state index in [0.29, 0.717) is 19.4 Å². The smallest absolute Gasteiger partial charge is 0.184 e. The predicted molar refractivity (Wildman–Crippen MR) is 66.1 cm³/mol. The molecule has 1 aromatic carbocycles. The van der Waals surface area contributed by atoms with Crippen LogP contribution >= 0.6 is 0 Å². The van der Waals surface area contributed by atoms with Gasteiger partial charge in [0.15, 0.2) is 6.29 Å². The molecule has 1 aliphatic carbocycles. The number of aliphatic hydroxyl groups excluding tert-OH is 2. The highest BCUT2D eigenvalue weighted by Gasteiger charge is 2.61. The number of ether oxygens (including phenoxy) is 2. The number of aliphatic hydroxyl groups is 3. The summed E-state index contributed by atoms with van der Waals surface area (Å²) < 4.78 is 11.0. The van der Waals surface area contributed by atoms with Gasteiger partial charge in [-0.1, -0.05) is 30.3 Å². The Morgan fingerprint density at radius 2 is 2.00 bits per heavy atom. The fourth-order valence-corrected chi connectivity index (χ4v) is 2.93. The molecule has 1 saturated carbocycles. The number of benzene rings is 1. The fraction of sp³-hybridized carbons (Fsp3) is 0.571. The molecule has 5 atom stereocenters. The number of hydrogen-bond donors (Lipinski definition) is 3. The second kappa shape index (κ2) is 4.85. The quantitative estimate of drug-likeness (QED) is 0.727. The van der Waals surface area contributed by atoms with Crippen molar-refractivity contribution in [1.29, 1.82) is 0 Å². The first-order valence-corrected chi connectivity index (χ1v) is 6.51. The van der Waals surface area contributed by atoms with E-state index in [1.165, 1.54) is 0 Å². The van der Waals surface area contributed by atoms with Crippen LogP contribution in [-0.2, 0) is 16.1 Å². The maximum atomic E-state index is 10.3. The van der Waals surface area contributed by atoms with Gasteiger partial charge >= 0.3 is 0 Å². The Labute approximate surface area is 111 Å². The molecule has 5 heteroatoms. The van der Waals surface area contributed by atoms with Gasteiger partial charge in [0.1, 0.15) is 17.8 Å². The first-order chi connectivity index (χ1) is 9.11. The number of fused-ring (bicyclic) bond motifs is 1. The molecule has 1 saturated heterocycles. The molecule has 0 spiro atoms. The topological polar surface area (TPSA) is 79.2 Å². The lowest BCUT2D eigenvalue weighted by atomic mass is 9.95. The molecule has 0 aromatic heterocycles. The van der Waals surface area contributed by atoms with Crippen LogP contribution in [0.3, 0.4) is 0 Å². The molecular formula is C14H18O5.